The topological polar surface area (TPSA) is 102 Å². The van der Waals surface area contributed by atoms with Crippen molar-refractivity contribution in [1.82, 2.24) is 9.62 Å². The Kier molecular flexibility index (Phi) is 6.42. The zero-order valence-electron chi connectivity index (χ0n) is 15.0. The molecule has 1 atom stereocenters. The molecule has 0 saturated carbocycles. The third-order valence-electron chi connectivity index (χ3n) is 4.25. The lowest BCUT2D eigenvalue weighted by Gasteiger charge is -2.35. The Labute approximate surface area is 149 Å². The summed E-state index contributed by atoms with van der Waals surface area (Å²) in [7, 11) is -2.38. The van der Waals surface area contributed by atoms with Gasteiger partial charge < -0.3 is 15.4 Å². The predicted octanol–water partition coefficient (Wildman–Crippen LogP) is 1.34. The first-order valence-electron chi connectivity index (χ1n) is 8.51. The number of sulfonamides is 1. The number of nitrogens with zero attached hydrogens (tertiary/aromatic N) is 1. The lowest BCUT2D eigenvalue weighted by atomic mass is 10.0. The van der Waals surface area contributed by atoms with Crippen LogP contribution in [0, 0.1) is 0 Å². The molecule has 1 heterocycles. The molecule has 0 spiro atoms. The number of benzene rings is 1. The Bertz CT molecular complexity index is 719. The number of likely N-dealkylation sites (tertiary alicyclic amines) is 1. The molecule has 1 amide bonds. The summed E-state index contributed by atoms with van der Waals surface area (Å²) in [5.74, 6) is 0.0116. The molecule has 0 aromatic heterocycles. The molecular formula is C17H27N3O4S. The van der Waals surface area contributed by atoms with Gasteiger partial charge in [-0.1, -0.05) is 0 Å². The number of hydrogen-bond acceptors (Lipinski definition) is 5. The minimum absolute atomic E-state index is 0.00259. The van der Waals surface area contributed by atoms with E-state index < -0.39 is 10.0 Å². The van der Waals surface area contributed by atoms with E-state index in [9.17, 15) is 13.2 Å². The van der Waals surface area contributed by atoms with E-state index in [2.05, 4.69) is 4.72 Å². The summed E-state index contributed by atoms with van der Waals surface area (Å²) in [6.45, 7) is 4.51. The second-order valence-corrected chi connectivity index (χ2v) is 8.21. The van der Waals surface area contributed by atoms with E-state index in [1.807, 2.05) is 0 Å². The van der Waals surface area contributed by atoms with Gasteiger partial charge >= 0.3 is 0 Å². The van der Waals surface area contributed by atoms with Crippen molar-refractivity contribution in [2.45, 2.75) is 50.1 Å². The van der Waals surface area contributed by atoms with Crippen molar-refractivity contribution < 1.29 is 17.9 Å². The fourth-order valence-electron chi connectivity index (χ4n) is 3.07. The van der Waals surface area contributed by atoms with Crippen LogP contribution in [0.2, 0.25) is 0 Å². The zero-order valence-corrected chi connectivity index (χ0v) is 15.8. The van der Waals surface area contributed by atoms with E-state index in [1.165, 1.54) is 19.2 Å². The van der Waals surface area contributed by atoms with E-state index in [-0.39, 0.29) is 28.6 Å². The van der Waals surface area contributed by atoms with Gasteiger partial charge in [-0.25, -0.2) is 13.1 Å². The molecule has 8 heteroatoms. The van der Waals surface area contributed by atoms with Crippen LogP contribution in [0.1, 0.15) is 43.5 Å². The summed E-state index contributed by atoms with van der Waals surface area (Å²) in [5.41, 5.74) is 6.11. The van der Waals surface area contributed by atoms with Crippen molar-refractivity contribution in [2.24, 2.45) is 5.73 Å². The van der Waals surface area contributed by atoms with E-state index in [4.69, 9.17) is 10.5 Å². The van der Waals surface area contributed by atoms with Crippen LogP contribution in [0.5, 0.6) is 5.75 Å². The minimum atomic E-state index is -3.78. The van der Waals surface area contributed by atoms with Gasteiger partial charge in [0.05, 0.1) is 7.11 Å². The molecule has 1 aromatic rings. The number of hydrogen-bond donors (Lipinski definition) is 2. The van der Waals surface area contributed by atoms with Crippen LogP contribution in [0.25, 0.3) is 0 Å². The van der Waals surface area contributed by atoms with Gasteiger partial charge in [0, 0.05) is 30.7 Å². The molecule has 1 fully saturated rings. The van der Waals surface area contributed by atoms with Crippen molar-refractivity contribution in [1.29, 1.82) is 0 Å². The highest BCUT2D eigenvalue weighted by Gasteiger charge is 2.28. The molecule has 1 aliphatic rings. The second kappa shape index (κ2) is 8.16. The molecule has 1 aromatic carbocycles. The molecular weight excluding hydrogens is 342 g/mol. The van der Waals surface area contributed by atoms with Gasteiger partial charge in [-0.2, -0.15) is 0 Å². The van der Waals surface area contributed by atoms with Crippen LogP contribution in [-0.4, -0.2) is 51.5 Å². The molecule has 1 aliphatic heterocycles. The van der Waals surface area contributed by atoms with Crippen LogP contribution in [0.4, 0.5) is 0 Å². The summed E-state index contributed by atoms with van der Waals surface area (Å²) >= 11 is 0. The maximum absolute atomic E-state index is 12.9. The SMILES string of the molecule is COc1ccc(C(=O)N2CCCCC2CN)cc1S(=O)(=O)NC(C)C. The number of methoxy groups -OCH3 is 1. The monoisotopic (exact) mass is 369 g/mol. The van der Waals surface area contributed by atoms with Gasteiger partial charge in [-0.05, 0) is 51.3 Å². The van der Waals surface area contributed by atoms with Gasteiger partial charge in [-0.3, -0.25) is 4.79 Å². The van der Waals surface area contributed by atoms with Crippen LogP contribution in [-0.2, 0) is 10.0 Å². The number of ether oxygens (including phenoxy) is 1. The highest BCUT2D eigenvalue weighted by Crippen LogP contribution is 2.27. The Balaban J connectivity index is 2.39. The Morgan fingerprint density at radius 2 is 2.12 bits per heavy atom. The normalized spacial score (nSPS) is 18.4. The lowest BCUT2D eigenvalue weighted by Crippen LogP contribution is -2.47. The average molecular weight is 369 g/mol. The number of carbonyl (C=O) groups excluding carboxylic acids is 1. The number of nitrogens with two attached hydrogens (primary N) is 1. The quantitative estimate of drug-likeness (QED) is 0.788. The largest absolute Gasteiger partial charge is 0.495 e. The number of carbonyl (C=O) groups is 1. The number of amides is 1. The molecule has 2 rings (SSSR count). The summed E-state index contributed by atoms with van der Waals surface area (Å²) in [4.78, 5) is 14.6. The average Bonchev–Trinajstić information content (AvgIpc) is 2.59. The van der Waals surface area contributed by atoms with Crippen molar-refractivity contribution in [3.8, 4) is 5.75 Å². The van der Waals surface area contributed by atoms with Crippen molar-refractivity contribution >= 4 is 15.9 Å². The second-order valence-electron chi connectivity index (χ2n) is 6.53. The Hall–Kier alpha value is -1.64. The molecule has 0 aliphatic carbocycles. The maximum Gasteiger partial charge on any atom is 0.254 e. The Morgan fingerprint density at radius 1 is 1.40 bits per heavy atom. The summed E-state index contributed by atoms with van der Waals surface area (Å²) in [6, 6.07) is 4.23. The fraction of sp³-hybridized carbons (Fsp3) is 0.588. The van der Waals surface area contributed by atoms with E-state index in [0.29, 0.717) is 18.7 Å². The van der Waals surface area contributed by atoms with E-state index >= 15 is 0 Å². The van der Waals surface area contributed by atoms with Crippen LogP contribution in [0.15, 0.2) is 23.1 Å². The van der Waals surface area contributed by atoms with Crippen molar-refractivity contribution in [3.63, 3.8) is 0 Å². The summed E-state index contributed by atoms with van der Waals surface area (Å²) < 4.78 is 32.8. The van der Waals surface area contributed by atoms with Crippen molar-refractivity contribution in [3.05, 3.63) is 23.8 Å². The van der Waals surface area contributed by atoms with Gasteiger partial charge in [0.2, 0.25) is 10.0 Å². The Morgan fingerprint density at radius 3 is 2.72 bits per heavy atom. The first kappa shape index (κ1) is 19.7. The third-order valence-corrected chi connectivity index (χ3v) is 5.93. The zero-order chi connectivity index (χ0) is 18.6. The van der Waals surface area contributed by atoms with Gasteiger partial charge in [0.1, 0.15) is 10.6 Å². The summed E-state index contributed by atoms with van der Waals surface area (Å²) in [5, 5.41) is 0. The highest BCUT2D eigenvalue weighted by molar-refractivity contribution is 7.89. The smallest absolute Gasteiger partial charge is 0.254 e. The minimum Gasteiger partial charge on any atom is -0.495 e. The molecule has 3 N–H and O–H groups in total. The van der Waals surface area contributed by atoms with Crippen LogP contribution in [0.3, 0.4) is 0 Å². The third kappa shape index (κ3) is 4.50. The van der Waals surface area contributed by atoms with Gasteiger partial charge in [0.15, 0.2) is 0 Å². The van der Waals surface area contributed by atoms with E-state index in [0.717, 1.165) is 19.3 Å². The molecule has 0 radical (unpaired) electrons. The highest BCUT2D eigenvalue weighted by atomic mass is 32.2. The predicted molar refractivity (Wildman–Crippen MR) is 96.2 cm³/mol. The molecule has 7 nitrogen and oxygen atoms in total. The standard InChI is InChI=1S/C17H27N3O4S/c1-12(2)19-25(22,23)16-10-13(7-8-15(16)24-3)17(21)20-9-5-4-6-14(20)11-18/h7-8,10,12,14,19H,4-6,9,11,18H2,1-3H3. The number of rotatable bonds is 6. The number of piperidine rings is 1. The molecule has 140 valence electrons. The van der Waals surface area contributed by atoms with Crippen LogP contribution < -0.4 is 15.2 Å². The number of nitrogens with one attached hydrogen (secondary N) is 1. The maximum atomic E-state index is 12.9. The fourth-order valence-corrected chi connectivity index (χ4v) is 4.52. The molecule has 0 bridgehead atoms. The van der Waals surface area contributed by atoms with Gasteiger partial charge in [-0.15, -0.1) is 0 Å². The molecule has 25 heavy (non-hydrogen) atoms. The summed E-state index contributed by atoms with van der Waals surface area (Å²) in [6.07, 6.45) is 2.85. The van der Waals surface area contributed by atoms with Crippen molar-refractivity contribution in [2.75, 3.05) is 20.2 Å². The lowest BCUT2D eigenvalue weighted by molar-refractivity contribution is 0.0623. The first-order chi connectivity index (χ1) is 11.8. The first-order valence-corrected chi connectivity index (χ1v) is 10.00. The molecule has 1 unspecified atom stereocenters. The van der Waals surface area contributed by atoms with E-state index in [1.54, 1.807) is 24.8 Å². The molecule has 1 saturated heterocycles. The van der Waals surface area contributed by atoms with Crippen LogP contribution >= 0.6 is 0 Å². The van der Waals surface area contributed by atoms with Gasteiger partial charge in [0.25, 0.3) is 5.91 Å².